The Kier molecular flexibility index (Phi) is 5.23. The fraction of sp³-hybridized carbons (Fsp3) is 0.100. The van der Waals surface area contributed by atoms with Crippen molar-refractivity contribution in [3.8, 4) is 0 Å². The van der Waals surface area contributed by atoms with Gasteiger partial charge in [0.15, 0.2) is 0 Å². The van der Waals surface area contributed by atoms with Crippen molar-refractivity contribution in [1.82, 2.24) is 4.98 Å². The van der Waals surface area contributed by atoms with Crippen LogP contribution in [0.3, 0.4) is 0 Å². The lowest BCUT2D eigenvalue weighted by Gasteiger charge is -2.10. The third-order valence-corrected chi connectivity index (χ3v) is 5.32. The highest BCUT2D eigenvalue weighted by atomic mass is 32.2. The smallest absolute Gasteiger partial charge is 0.263 e. The lowest BCUT2D eigenvalue weighted by atomic mass is 10.1. The average Bonchev–Trinajstić information content (AvgIpc) is 2.62. The molecule has 0 unspecified atom stereocenters. The van der Waals surface area contributed by atoms with Gasteiger partial charge in [0.2, 0.25) is 0 Å². The number of aryl methyl sites for hydroxylation is 2. The van der Waals surface area contributed by atoms with Gasteiger partial charge in [-0.1, -0.05) is 23.8 Å². The van der Waals surface area contributed by atoms with Crippen molar-refractivity contribution in [2.75, 3.05) is 10.0 Å². The quantitative estimate of drug-likeness (QED) is 0.704. The summed E-state index contributed by atoms with van der Waals surface area (Å²) in [6.45, 7) is 3.84. The van der Waals surface area contributed by atoms with E-state index in [1.165, 1.54) is 18.3 Å². The van der Waals surface area contributed by atoms with Crippen LogP contribution in [0.5, 0.6) is 0 Å². The number of benzene rings is 2. The maximum Gasteiger partial charge on any atom is 0.263 e. The van der Waals surface area contributed by atoms with Gasteiger partial charge in [-0.05, 0) is 61.9 Å². The average molecular weight is 381 g/mol. The number of carbonyl (C=O) groups is 1. The summed E-state index contributed by atoms with van der Waals surface area (Å²) < 4.78 is 27.2. The first-order valence-corrected chi connectivity index (χ1v) is 9.76. The van der Waals surface area contributed by atoms with Gasteiger partial charge in [-0.15, -0.1) is 0 Å². The Morgan fingerprint density at radius 2 is 1.70 bits per heavy atom. The normalized spacial score (nSPS) is 11.0. The molecule has 0 aliphatic carbocycles. The molecular formula is C20H19N3O3S. The van der Waals surface area contributed by atoms with Crippen LogP contribution in [0.1, 0.15) is 21.5 Å². The van der Waals surface area contributed by atoms with Crippen molar-refractivity contribution in [3.05, 3.63) is 83.6 Å². The molecule has 6 nitrogen and oxygen atoms in total. The topological polar surface area (TPSA) is 88.2 Å². The number of rotatable bonds is 5. The number of carbonyl (C=O) groups excluding carboxylic acids is 1. The third kappa shape index (κ3) is 4.51. The number of sulfonamides is 1. The van der Waals surface area contributed by atoms with Gasteiger partial charge in [0.1, 0.15) is 5.82 Å². The van der Waals surface area contributed by atoms with E-state index in [9.17, 15) is 13.2 Å². The van der Waals surface area contributed by atoms with Gasteiger partial charge in [-0.3, -0.25) is 9.52 Å². The van der Waals surface area contributed by atoms with E-state index in [1.807, 2.05) is 26.0 Å². The number of pyridine rings is 1. The minimum Gasteiger partial charge on any atom is -0.322 e. The van der Waals surface area contributed by atoms with Crippen LogP contribution in [0.15, 0.2) is 71.8 Å². The van der Waals surface area contributed by atoms with E-state index in [4.69, 9.17) is 0 Å². The molecule has 138 valence electrons. The Bertz CT molecular complexity index is 1060. The highest BCUT2D eigenvalue weighted by Crippen LogP contribution is 2.18. The van der Waals surface area contributed by atoms with E-state index >= 15 is 0 Å². The molecule has 0 spiro atoms. The maximum atomic E-state index is 12.4. The summed E-state index contributed by atoms with van der Waals surface area (Å²) in [5.74, 6) is -0.000516. The summed E-state index contributed by atoms with van der Waals surface area (Å²) in [5.41, 5.74) is 3.05. The maximum absolute atomic E-state index is 12.4. The predicted molar refractivity (Wildman–Crippen MR) is 105 cm³/mol. The first-order chi connectivity index (χ1) is 12.8. The lowest BCUT2D eigenvalue weighted by molar-refractivity contribution is 0.102. The van der Waals surface area contributed by atoms with Gasteiger partial charge >= 0.3 is 0 Å². The predicted octanol–water partition coefficient (Wildman–Crippen LogP) is 3.75. The molecular weight excluding hydrogens is 362 g/mol. The fourth-order valence-electron chi connectivity index (χ4n) is 2.60. The van der Waals surface area contributed by atoms with E-state index in [-0.39, 0.29) is 16.6 Å². The highest BCUT2D eigenvalue weighted by Gasteiger charge is 2.15. The molecule has 0 radical (unpaired) electrons. The molecule has 2 N–H and O–H groups in total. The molecule has 0 saturated heterocycles. The molecule has 3 aromatic rings. The van der Waals surface area contributed by atoms with Gasteiger partial charge in [0.25, 0.3) is 15.9 Å². The summed E-state index contributed by atoms with van der Waals surface area (Å²) in [5, 5.41) is 2.78. The second-order valence-electron chi connectivity index (χ2n) is 6.12. The lowest BCUT2D eigenvalue weighted by Crippen LogP contribution is -2.15. The molecule has 1 heterocycles. The van der Waals surface area contributed by atoms with Crippen LogP contribution in [0.2, 0.25) is 0 Å². The van der Waals surface area contributed by atoms with E-state index in [2.05, 4.69) is 15.0 Å². The number of anilines is 2. The van der Waals surface area contributed by atoms with Crippen LogP contribution in [0.25, 0.3) is 0 Å². The number of nitrogens with zero attached hydrogens (tertiary/aromatic N) is 1. The van der Waals surface area contributed by atoms with Gasteiger partial charge in [-0.2, -0.15) is 0 Å². The molecule has 2 aromatic carbocycles. The van der Waals surface area contributed by atoms with E-state index in [0.29, 0.717) is 11.3 Å². The first-order valence-electron chi connectivity index (χ1n) is 8.28. The number of hydrogen-bond acceptors (Lipinski definition) is 4. The van der Waals surface area contributed by atoms with Gasteiger partial charge in [0, 0.05) is 17.4 Å². The molecule has 0 aliphatic heterocycles. The zero-order chi connectivity index (χ0) is 19.4. The Morgan fingerprint density at radius 3 is 2.33 bits per heavy atom. The zero-order valence-electron chi connectivity index (χ0n) is 14.9. The van der Waals surface area contributed by atoms with E-state index in [1.54, 1.807) is 36.4 Å². The summed E-state index contributed by atoms with van der Waals surface area (Å²) in [6, 6.07) is 16.5. The standard InChI is InChI=1S/C20H19N3O3S/c1-14-6-11-18(15(2)13-14)20(24)22-16-7-9-17(10-8-16)27(25,26)23-19-5-3-4-12-21-19/h3-13H,1-2H3,(H,21,23)(H,22,24). The van der Waals surface area contributed by atoms with E-state index < -0.39 is 10.0 Å². The third-order valence-electron chi connectivity index (χ3n) is 3.95. The summed E-state index contributed by atoms with van der Waals surface area (Å²) in [4.78, 5) is 16.4. The van der Waals surface area contributed by atoms with Gasteiger partial charge in [0.05, 0.1) is 4.90 Å². The van der Waals surface area contributed by atoms with Gasteiger partial charge < -0.3 is 5.32 Å². The number of amides is 1. The summed E-state index contributed by atoms with van der Waals surface area (Å²) in [7, 11) is -3.75. The largest absolute Gasteiger partial charge is 0.322 e. The molecule has 7 heteroatoms. The first kappa shape index (κ1) is 18.6. The Labute approximate surface area is 158 Å². The molecule has 0 saturated carbocycles. The van der Waals surface area contributed by atoms with Crippen LogP contribution in [0.4, 0.5) is 11.5 Å². The summed E-state index contributed by atoms with van der Waals surface area (Å²) in [6.07, 6.45) is 1.50. The van der Waals surface area contributed by atoms with Crippen molar-refractivity contribution in [2.24, 2.45) is 0 Å². The van der Waals surface area contributed by atoms with Crippen LogP contribution in [-0.4, -0.2) is 19.3 Å². The summed E-state index contributed by atoms with van der Waals surface area (Å²) >= 11 is 0. The van der Waals surface area contributed by atoms with E-state index in [0.717, 1.165) is 11.1 Å². The Morgan fingerprint density at radius 1 is 0.963 bits per heavy atom. The van der Waals surface area contributed by atoms with Crippen molar-refractivity contribution < 1.29 is 13.2 Å². The van der Waals surface area contributed by atoms with Crippen LogP contribution in [-0.2, 0) is 10.0 Å². The fourth-order valence-corrected chi connectivity index (χ4v) is 3.61. The molecule has 1 aromatic heterocycles. The Balaban J connectivity index is 1.74. The SMILES string of the molecule is Cc1ccc(C(=O)Nc2ccc(S(=O)(=O)Nc3ccccn3)cc2)c(C)c1. The number of nitrogens with one attached hydrogen (secondary N) is 2. The number of aromatic nitrogens is 1. The van der Waals surface area contributed by atoms with Gasteiger partial charge in [-0.25, -0.2) is 13.4 Å². The molecule has 0 aliphatic rings. The van der Waals surface area contributed by atoms with Crippen LogP contribution in [0, 0.1) is 13.8 Å². The van der Waals surface area contributed by atoms with Crippen molar-refractivity contribution >= 4 is 27.4 Å². The zero-order valence-corrected chi connectivity index (χ0v) is 15.7. The second-order valence-corrected chi connectivity index (χ2v) is 7.80. The van der Waals surface area contributed by atoms with Crippen molar-refractivity contribution in [1.29, 1.82) is 0 Å². The minimum absolute atomic E-state index is 0.0812. The monoisotopic (exact) mass is 381 g/mol. The van der Waals surface area contributed by atoms with Crippen molar-refractivity contribution in [3.63, 3.8) is 0 Å². The molecule has 3 rings (SSSR count). The highest BCUT2D eigenvalue weighted by molar-refractivity contribution is 7.92. The van der Waals surface area contributed by atoms with Crippen molar-refractivity contribution in [2.45, 2.75) is 18.7 Å². The number of hydrogen-bond donors (Lipinski definition) is 2. The molecule has 0 fully saturated rings. The molecule has 0 bridgehead atoms. The second kappa shape index (κ2) is 7.59. The molecule has 0 atom stereocenters. The minimum atomic E-state index is -3.75. The molecule has 1 amide bonds. The Hall–Kier alpha value is -3.19. The van der Waals surface area contributed by atoms with Crippen LogP contribution < -0.4 is 10.0 Å². The van der Waals surface area contributed by atoms with Crippen LogP contribution >= 0.6 is 0 Å². The molecule has 27 heavy (non-hydrogen) atoms.